The van der Waals surface area contributed by atoms with E-state index in [1.165, 1.54) is 4.90 Å². The number of rotatable bonds is 1. The molecule has 0 aromatic heterocycles. The molecule has 1 heterocycles. The predicted octanol–water partition coefficient (Wildman–Crippen LogP) is 1.54. The van der Waals surface area contributed by atoms with Crippen LogP contribution in [0.25, 0.3) is 0 Å². The maximum Gasteiger partial charge on any atom is 0.234 e. The molecule has 0 saturated carbocycles. The Morgan fingerprint density at radius 3 is 2.27 bits per heavy atom. The Morgan fingerprint density at radius 2 is 1.87 bits per heavy atom. The van der Waals surface area contributed by atoms with Crippen molar-refractivity contribution >= 4 is 11.7 Å². The number of nitrogens with zero attached hydrogens (tertiary/aromatic N) is 2. The molecule has 1 atom stereocenters. The van der Waals surface area contributed by atoms with Crippen LogP contribution >= 0.6 is 0 Å². The van der Waals surface area contributed by atoms with Crippen molar-refractivity contribution in [1.82, 2.24) is 4.90 Å². The van der Waals surface area contributed by atoms with Crippen LogP contribution < -0.4 is 0 Å². The fraction of sp³-hybridized carbons (Fsp3) is 0.818. The first kappa shape index (κ1) is 16.5. The summed E-state index contributed by atoms with van der Waals surface area (Å²) in [4.78, 5) is 16.8. The van der Waals surface area contributed by atoms with Gasteiger partial charge in [-0.25, -0.2) is 0 Å². The smallest absolute Gasteiger partial charge is 0.234 e. The number of hydrogen-bond donors (Lipinski definition) is 1. The average molecular weight is 216 g/mol. The van der Waals surface area contributed by atoms with Crippen molar-refractivity contribution < 1.29 is 9.90 Å². The molecule has 0 aromatic carbocycles. The van der Waals surface area contributed by atoms with Crippen LogP contribution in [0.1, 0.15) is 34.6 Å². The van der Waals surface area contributed by atoms with Crippen LogP contribution in [-0.2, 0) is 4.79 Å². The van der Waals surface area contributed by atoms with E-state index in [9.17, 15) is 4.79 Å². The van der Waals surface area contributed by atoms with Crippen molar-refractivity contribution in [3.63, 3.8) is 0 Å². The third kappa shape index (κ3) is 4.93. The van der Waals surface area contributed by atoms with Gasteiger partial charge in [0.2, 0.25) is 5.91 Å². The summed E-state index contributed by atoms with van der Waals surface area (Å²) in [6, 6.07) is 0. The molecule has 1 amide bonds. The lowest BCUT2D eigenvalue weighted by molar-refractivity contribution is -0.132. The molecule has 15 heavy (non-hydrogen) atoms. The third-order valence-electron chi connectivity index (χ3n) is 1.93. The second-order valence-corrected chi connectivity index (χ2v) is 2.66. The van der Waals surface area contributed by atoms with E-state index >= 15 is 0 Å². The van der Waals surface area contributed by atoms with Gasteiger partial charge in [0.05, 0.1) is 19.1 Å². The molecular formula is C11H24N2O2. The van der Waals surface area contributed by atoms with Crippen LogP contribution in [0.15, 0.2) is 4.99 Å². The lowest BCUT2D eigenvalue weighted by atomic mass is 10.1. The zero-order valence-electron chi connectivity index (χ0n) is 10.7. The Hall–Kier alpha value is -0.900. The Balaban J connectivity index is 0. The molecule has 0 saturated heterocycles. The summed E-state index contributed by atoms with van der Waals surface area (Å²) in [5.74, 6) is 0.350. The van der Waals surface area contributed by atoms with E-state index < -0.39 is 0 Å². The fourth-order valence-electron chi connectivity index (χ4n) is 0.996. The first-order valence-corrected chi connectivity index (χ1v) is 5.56. The summed E-state index contributed by atoms with van der Waals surface area (Å²) in [5.41, 5.74) is 0. The molecule has 1 aliphatic heterocycles. The quantitative estimate of drug-likeness (QED) is 0.723. The Bertz CT molecular complexity index is 203. The third-order valence-corrected chi connectivity index (χ3v) is 1.93. The van der Waals surface area contributed by atoms with Gasteiger partial charge in [0, 0.05) is 7.05 Å². The standard InChI is InChI=1S/C7H12N2O2.2C2H6/c1-5-8-3-6(4-10)7(11)9(5)2;2*1-2/h6,10H,3-4H2,1-2H3;2*1-2H3. The van der Waals surface area contributed by atoms with Gasteiger partial charge < -0.3 is 10.0 Å². The lowest BCUT2D eigenvalue weighted by Crippen LogP contribution is -2.43. The zero-order chi connectivity index (χ0) is 12.4. The lowest BCUT2D eigenvalue weighted by Gasteiger charge is -2.25. The normalized spacial score (nSPS) is 19.4. The Labute approximate surface area is 93.0 Å². The molecule has 0 bridgehead atoms. The van der Waals surface area contributed by atoms with Gasteiger partial charge in [-0.3, -0.25) is 9.79 Å². The van der Waals surface area contributed by atoms with Crippen molar-refractivity contribution in [2.24, 2.45) is 10.9 Å². The largest absolute Gasteiger partial charge is 0.395 e. The van der Waals surface area contributed by atoms with Gasteiger partial charge in [0.15, 0.2) is 0 Å². The highest BCUT2D eigenvalue weighted by Crippen LogP contribution is 2.08. The highest BCUT2D eigenvalue weighted by atomic mass is 16.3. The number of carbonyl (C=O) groups is 1. The molecule has 0 aromatic rings. The number of carbonyl (C=O) groups excluding carboxylic acids is 1. The van der Waals surface area contributed by atoms with Crippen LogP contribution in [0.5, 0.6) is 0 Å². The summed E-state index contributed by atoms with van der Waals surface area (Å²) in [5, 5.41) is 8.75. The van der Waals surface area contributed by atoms with Crippen molar-refractivity contribution in [1.29, 1.82) is 0 Å². The van der Waals surface area contributed by atoms with Crippen LogP contribution in [0.3, 0.4) is 0 Å². The van der Waals surface area contributed by atoms with Gasteiger partial charge in [-0.1, -0.05) is 27.7 Å². The van der Waals surface area contributed by atoms with Crippen molar-refractivity contribution in [3.05, 3.63) is 0 Å². The van der Waals surface area contributed by atoms with Gasteiger partial charge in [0.25, 0.3) is 0 Å². The summed E-state index contributed by atoms with van der Waals surface area (Å²) < 4.78 is 0. The van der Waals surface area contributed by atoms with E-state index in [-0.39, 0.29) is 18.4 Å². The van der Waals surface area contributed by atoms with Crippen LogP contribution in [0.2, 0.25) is 0 Å². The topological polar surface area (TPSA) is 52.9 Å². The van der Waals surface area contributed by atoms with Gasteiger partial charge in [-0.2, -0.15) is 0 Å². The van der Waals surface area contributed by atoms with Crippen LogP contribution in [-0.4, -0.2) is 41.9 Å². The summed E-state index contributed by atoms with van der Waals surface area (Å²) in [6.45, 7) is 10.1. The second-order valence-electron chi connectivity index (χ2n) is 2.66. The van der Waals surface area contributed by atoms with E-state index in [2.05, 4.69) is 4.99 Å². The molecule has 1 unspecified atom stereocenters. The fourth-order valence-corrected chi connectivity index (χ4v) is 0.996. The number of aliphatic hydroxyl groups is 1. The van der Waals surface area contributed by atoms with Gasteiger partial charge in [0.1, 0.15) is 5.84 Å². The molecule has 0 fully saturated rings. The summed E-state index contributed by atoms with van der Waals surface area (Å²) in [6.07, 6.45) is 0. The molecular weight excluding hydrogens is 192 g/mol. The maximum absolute atomic E-state index is 11.3. The molecule has 90 valence electrons. The van der Waals surface area contributed by atoms with Crippen molar-refractivity contribution in [2.75, 3.05) is 20.2 Å². The first-order valence-electron chi connectivity index (χ1n) is 5.56. The highest BCUT2D eigenvalue weighted by molar-refractivity contribution is 5.99. The van der Waals surface area contributed by atoms with E-state index in [0.717, 1.165) is 5.84 Å². The van der Waals surface area contributed by atoms with Crippen LogP contribution in [0, 0.1) is 5.92 Å². The monoisotopic (exact) mass is 216 g/mol. The van der Waals surface area contributed by atoms with Crippen molar-refractivity contribution in [2.45, 2.75) is 34.6 Å². The maximum atomic E-state index is 11.3. The number of aliphatic imine (C=N–C) groups is 1. The van der Waals surface area contributed by atoms with Gasteiger partial charge >= 0.3 is 0 Å². The number of hydrogen-bond acceptors (Lipinski definition) is 3. The molecule has 1 aliphatic rings. The van der Waals surface area contributed by atoms with E-state index in [4.69, 9.17) is 5.11 Å². The minimum Gasteiger partial charge on any atom is -0.395 e. The van der Waals surface area contributed by atoms with Crippen LogP contribution in [0.4, 0.5) is 0 Å². The van der Waals surface area contributed by atoms with E-state index in [1.807, 2.05) is 27.7 Å². The molecule has 0 spiro atoms. The predicted molar refractivity (Wildman–Crippen MR) is 64.0 cm³/mol. The average Bonchev–Trinajstić information content (AvgIpc) is 2.32. The second kappa shape index (κ2) is 9.65. The summed E-state index contributed by atoms with van der Waals surface area (Å²) in [7, 11) is 1.67. The summed E-state index contributed by atoms with van der Waals surface area (Å²) >= 11 is 0. The SMILES string of the molecule is CC.CC.CC1=NCC(CO)C(=O)N1C. The van der Waals surface area contributed by atoms with E-state index in [0.29, 0.717) is 6.54 Å². The van der Waals surface area contributed by atoms with Gasteiger partial charge in [-0.05, 0) is 6.92 Å². The molecule has 0 aliphatic carbocycles. The van der Waals surface area contributed by atoms with E-state index in [1.54, 1.807) is 14.0 Å². The minimum atomic E-state index is -0.330. The Morgan fingerprint density at radius 1 is 1.40 bits per heavy atom. The molecule has 4 heteroatoms. The minimum absolute atomic E-state index is 0.0417. The highest BCUT2D eigenvalue weighted by Gasteiger charge is 2.26. The zero-order valence-corrected chi connectivity index (χ0v) is 10.7. The number of amides is 1. The molecule has 1 rings (SSSR count). The molecule has 4 nitrogen and oxygen atoms in total. The van der Waals surface area contributed by atoms with Crippen molar-refractivity contribution in [3.8, 4) is 0 Å². The van der Waals surface area contributed by atoms with Gasteiger partial charge in [-0.15, -0.1) is 0 Å². The molecule has 0 radical (unpaired) electrons. The first-order chi connectivity index (χ1) is 7.16. The molecule has 1 N–H and O–H groups in total. The number of aliphatic hydroxyl groups excluding tert-OH is 1. The number of amidine groups is 1. The Kier molecular flexibility index (Phi) is 10.6.